The van der Waals surface area contributed by atoms with E-state index in [2.05, 4.69) is 30.7 Å². The van der Waals surface area contributed by atoms with Crippen LogP contribution in [0.4, 0.5) is 15.9 Å². The van der Waals surface area contributed by atoms with Crippen LogP contribution in [-0.4, -0.2) is 30.6 Å². The van der Waals surface area contributed by atoms with E-state index in [0.717, 1.165) is 17.6 Å². The van der Waals surface area contributed by atoms with Crippen LogP contribution >= 0.6 is 0 Å². The molecular formula is C24H26FN7O. The number of fused-ring (bicyclic) bond motifs is 1. The number of pyridine rings is 1. The van der Waals surface area contributed by atoms with Crippen LogP contribution in [0.1, 0.15) is 55.2 Å². The van der Waals surface area contributed by atoms with Crippen molar-refractivity contribution in [1.82, 2.24) is 24.7 Å². The molecule has 33 heavy (non-hydrogen) atoms. The molecule has 3 heterocycles. The van der Waals surface area contributed by atoms with Crippen LogP contribution < -0.4 is 10.6 Å². The topological polar surface area (TPSA) is 97.6 Å². The van der Waals surface area contributed by atoms with Crippen LogP contribution in [0.5, 0.6) is 0 Å². The molecule has 2 N–H and O–H groups in total. The molecule has 0 aliphatic carbocycles. The zero-order valence-electron chi connectivity index (χ0n) is 19.0. The van der Waals surface area contributed by atoms with Crippen molar-refractivity contribution in [2.75, 3.05) is 10.6 Å². The Labute approximate surface area is 191 Å². The zero-order valence-corrected chi connectivity index (χ0v) is 19.0. The molecule has 0 saturated heterocycles. The van der Waals surface area contributed by atoms with Crippen molar-refractivity contribution < 1.29 is 9.18 Å². The minimum atomic E-state index is -1.58. The summed E-state index contributed by atoms with van der Waals surface area (Å²) < 4.78 is 16.0. The number of carbonyl (C=O) groups is 1. The van der Waals surface area contributed by atoms with Crippen LogP contribution in [0.2, 0.25) is 0 Å². The van der Waals surface area contributed by atoms with Gasteiger partial charge in [0.2, 0.25) is 5.65 Å². The van der Waals surface area contributed by atoms with E-state index in [1.807, 2.05) is 38.2 Å². The van der Waals surface area contributed by atoms with E-state index in [4.69, 9.17) is 0 Å². The van der Waals surface area contributed by atoms with Gasteiger partial charge in [0, 0.05) is 30.2 Å². The monoisotopic (exact) mass is 447 g/mol. The van der Waals surface area contributed by atoms with Gasteiger partial charge in [0.1, 0.15) is 17.0 Å². The first kappa shape index (κ1) is 22.3. The number of alkyl halides is 1. The largest absolute Gasteiger partial charge is 0.362 e. The Morgan fingerprint density at radius 3 is 2.79 bits per heavy atom. The molecule has 0 aliphatic rings. The lowest BCUT2D eigenvalue weighted by Gasteiger charge is -2.16. The number of nitrogens with zero attached hydrogens (tertiary/aromatic N) is 5. The van der Waals surface area contributed by atoms with Gasteiger partial charge in [-0.15, -0.1) is 0 Å². The molecule has 170 valence electrons. The summed E-state index contributed by atoms with van der Waals surface area (Å²) in [5, 5.41) is 10.6. The SMILES string of the molecule is CCn1cc2ncc(N[C@@H](C)c3cccc(NC(=O)c4cncc(C(C)(C)F)c4)c3)nc2n1. The average molecular weight is 448 g/mol. The van der Waals surface area contributed by atoms with Crippen molar-refractivity contribution >= 4 is 28.6 Å². The molecule has 3 aromatic heterocycles. The van der Waals surface area contributed by atoms with E-state index in [9.17, 15) is 9.18 Å². The van der Waals surface area contributed by atoms with E-state index < -0.39 is 5.67 Å². The van der Waals surface area contributed by atoms with Crippen LogP contribution in [-0.2, 0) is 12.2 Å². The number of aryl methyl sites for hydroxylation is 1. The number of anilines is 2. The molecule has 0 radical (unpaired) electrons. The summed E-state index contributed by atoms with van der Waals surface area (Å²) in [4.78, 5) is 25.7. The molecule has 0 aliphatic heterocycles. The summed E-state index contributed by atoms with van der Waals surface area (Å²) in [7, 11) is 0. The van der Waals surface area contributed by atoms with E-state index in [0.29, 0.717) is 28.3 Å². The second-order valence-electron chi connectivity index (χ2n) is 8.33. The van der Waals surface area contributed by atoms with Gasteiger partial charge >= 0.3 is 0 Å². The van der Waals surface area contributed by atoms with Gasteiger partial charge in [-0.2, -0.15) is 5.10 Å². The predicted octanol–water partition coefficient (Wildman–Crippen LogP) is 4.87. The fourth-order valence-corrected chi connectivity index (χ4v) is 3.36. The lowest BCUT2D eigenvalue weighted by Crippen LogP contribution is -2.16. The maximum Gasteiger partial charge on any atom is 0.257 e. The maximum atomic E-state index is 14.2. The summed E-state index contributed by atoms with van der Waals surface area (Å²) in [6.07, 6.45) is 6.39. The van der Waals surface area contributed by atoms with Gasteiger partial charge < -0.3 is 10.6 Å². The Balaban J connectivity index is 1.47. The smallest absolute Gasteiger partial charge is 0.257 e. The quantitative estimate of drug-likeness (QED) is 0.419. The van der Waals surface area contributed by atoms with Gasteiger partial charge in [-0.05, 0) is 51.5 Å². The zero-order chi connectivity index (χ0) is 23.6. The molecular weight excluding hydrogens is 421 g/mol. The van der Waals surface area contributed by atoms with Crippen LogP contribution in [0.25, 0.3) is 11.2 Å². The first-order valence-electron chi connectivity index (χ1n) is 10.8. The predicted molar refractivity (Wildman–Crippen MR) is 126 cm³/mol. The number of hydrogen-bond acceptors (Lipinski definition) is 6. The Kier molecular flexibility index (Phi) is 6.04. The second kappa shape index (κ2) is 8.93. The van der Waals surface area contributed by atoms with Crippen molar-refractivity contribution in [1.29, 1.82) is 0 Å². The Bertz CT molecular complexity index is 1300. The summed E-state index contributed by atoms with van der Waals surface area (Å²) in [5.74, 6) is 0.261. The molecule has 0 spiro atoms. The summed E-state index contributed by atoms with van der Waals surface area (Å²) >= 11 is 0. The van der Waals surface area contributed by atoms with Gasteiger partial charge in [0.05, 0.1) is 24.0 Å². The molecule has 0 fully saturated rings. The van der Waals surface area contributed by atoms with Gasteiger partial charge in [0.25, 0.3) is 5.91 Å². The highest BCUT2D eigenvalue weighted by molar-refractivity contribution is 6.04. The number of aromatic nitrogens is 5. The maximum absolute atomic E-state index is 14.2. The molecule has 0 bridgehead atoms. The molecule has 4 rings (SSSR count). The first-order valence-corrected chi connectivity index (χ1v) is 10.8. The van der Waals surface area contributed by atoms with Crippen molar-refractivity contribution in [3.05, 3.63) is 71.8 Å². The minimum absolute atomic E-state index is 0.0980. The molecule has 1 atom stereocenters. The summed E-state index contributed by atoms with van der Waals surface area (Å²) in [6.45, 7) is 7.62. The number of amides is 1. The van der Waals surface area contributed by atoms with E-state index >= 15 is 0 Å². The van der Waals surface area contributed by atoms with Crippen LogP contribution in [0.15, 0.2) is 55.1 Å². The Morgan fingerprint density at radius 2 is 2.03 bits per heavy atom. The number of nitrogens with one attached hydrogen (secondary N) is 2. The van der Waals surface area contributed by atoms with Crippen molar-refractivity contribution in [3.8, 4) is 0 Å². The third-order valence-electron chi connectivity index (χ3n) is 5.30. The summed E-state index contributed by atoms with van der Waals surface area (Å²) in [6, 6.07) is 8.92. The molecule has 1 amide bonds. The Morgan fingerprint density at radius 1 is 1.21 bits per heavy atom. The molecule has 9 heteroatoms. The summed E-state index contributed by atoms with van der Waals surface area (Å²) in [5.41, 5.74) is 1.97. The molecule has 1 aromatic carbocycles. The minimum Gasteiger partial charge on any atom is -0.362 e. The highest BCUT2D eigenvalue weighted by atomic mass is 19.1. The van der Waals surface area contributed by atoms with Gasteiger partial charge in [0.15, 0.2) is 0 Å². The molecule has 4 aromatic rings. The van der Waals surface area contributed by atoms with Crippen molar-refractivity contribution in [3.63, 3.8) is 0 Å². The van der Waals surface area contributed by atoms with Crippen molar-refractivity contribution in [2.24, 2.45) is 0 Å². The first-order chi connectivity index (χ1) is 15.7. The van der Waals surface area contributed by atoms with Crippen LogP contribution in [0.3, 0.4) is 0 Å². The van der Waals surface area contributed by atoms with E-state index in [-0.39, 0.29) is 11.9 Å². The number of rotatable bonds is 7. The normalized spacial score (nSPS) is 12.5. The number of carbonyl (C=O) groups excluding carboxylic acids is 1. The highest BCUT2D eigenvalue weighted by Gasteiger charge is 2.21. The third kappa shape index (κ3) is 5.14. The van der Waals surface area contributed by atoms with Gasteiger partial charge in [-0.25, -0.2) is 14.4 Å². The number of benzene rings is 1. The van der Waals surface area contributed by atoms with Crippen LogP contribution in [0, 0.1) is 0 Å². The molecule has 0 unspecified atom stereocenters. The average Bonchev–Trinajstić information content (AvgIpc) is 3.21. The fourth-order valence-electron chi connectivity index (χ4n) is 3.36. The second-order valence-corrected chi connectivity index (χ2v) is 8.33. The van der Waals surface area contributed by atoms with E-state index in [1.54, 1.807) is 16.9 Å². The molecule has 8 nitrogen and oxygen atoms in total. The number of halogens is 1. The fraction of sp³-hybridized carbons (Fsp3) is 0.292. The Hall–Kier alpha value is -3.88. The highest BCUT2D eigenvalue weighted by Crippen LogP contribution is 2.25. The lowest BCUT2D eigenvalue weighted by molar-refractivity contribution is 0.102. The standard InChI is InChI=1S/C24H26FN7O/c1-5-32-14-20-22(31-32)30-21(13-27-20)28-15(2)16-7-6-8-19(10-16)29-23(33)17-9-18(12-26-11-17)24(3,4)25/h6-15H,5H2,1-4H3,(H,29,33)(H,28,30,31)/t15-/m0/s1. The van der Waals surface area contributed by atoms with E-state index in [1.165, 1.54) is 32.3 Å². The van der Waals surface area contributed by atoms with Crippen molar-refractivity contribution in [2.45, 2.75) is 46.0 Å². The van der Waals surface area contributed by atoms with Gasteiger partial charge in [-0.1, -0.05) is 12.1 Å². The molecule has 0 saturated carbocycles. The van der Waals surface area contributed by atoms with Gasteiger partial charge in [-0.3, -0.25) is 14.5 Å². The number of hydrogen-bond donors (Lipinski definition) is 2. The lowest BCUT2D eigenvalue weighted by atomic mass is 10.0. The third-order valence-corrected chi connectivity index (χ3v) is 5.30.